The minimum atomic E-state index is -1.18. The molecule has 3 rings (SSSR count). The lowest BCUT2D eigenvalue weighted by molar-refractivity contribution is -0.385. The highest BCUT2D eigenvalue weighted by Crippen LogP contribution is 2.30. The van der Waals surface area contributed by atoms with Crippen molar-refractivity contribution >= 4 is 52.3 Å². The van der Waals surface area contributed by atoms with Crippen LogP contribution in [0.2, 0.25) is 0 Å². The zero-order valence-electron chi connectivity index (χ0n) is 15.7. The second-order valence-corrected chi connectivity index (χ2v) is 7.46. The van der Waals surface area contributed by atoms with E-state index in [-0.39, 0.29) is 34.1 Å². The summed E-state index contributed by atoms with van der Waals surface area (Å²) in [6.45, 7) is 0. The molecule has 3 N–H and O–H groups in total. The monoisotopic (exact) mass is 441 g/mol. The molecule has 0 aromatic heterocycles. The number of thioether (sulfide) groups is 1. The van der Waals surface area contributed by atoms with E-state index in [1.54, 1.807) is 6.07 Å². The second kappa shape index (κ2) is 9.17. The van der Waals surface area contributed by atoms with Gasteiger partial charge in [-0.15, -0.1) is 5.10 Å². The predicted octanol–water partition coefficient (Wildman–Crippen LogP) is 2.01. The van der Waals surface area contributed by atoms with Crippen molar-refractivity contribution in [1.82, 2.24) is 0 Å². The molecule has 1 heterocycles. The first kappa shape index (κ1) is 21.6. The number of carbonyl (C=O) groups excluding carboxylic acids is 2. The van der Waals surface area contributed by atoms with Crippen molar-refractivity contribution in [3.8, 4) is 0 Å². The van der Waals surface area contributed by atoms with Gasteiger partial charge >= 0.3 is 5.97 Å². The Bertz CT molecular complexity index is 1130. The van der Waals surface area contributed by atoms with E-state index in [0.717, 1.165) is 22.9 Å². The van der Waals surface area contributed by atoms with E-state index >= 15 is 0 Å². The van der Waals surface area contributed by atoms with Crippen LogP contribution >= 0.6 is 11.8 Å². The molecule has 1 unspecified atom stereocenters. The summed E-state index contributed by atoms with van der Waals surface area (Å²) < 4.78 is 0. The van der Waals surface area contributed by atoms with Gasteiger partial charge in [-0.25, -0.2) is 9.69 Å². The Hall–Kier alpha value is -4.06. The van der Waals surface area contributed by atoms with Crippen molar-refractivity contribution in [2.45, 2.75) is 11.7 Å². The minimum absolute atomic E-state index is 0.0559. The van der Waals surface area contributed by atoms with Crippen LogP contribution in [0.15, 0.2) is 58.7 Å². The molecule has 1 aliphatic rings. The number of carbonyl (C=O) groups is 3. The Morgan fingerprint density at radius 1 is 1.26 bits per heavy atom. The number of amidine groups is 1. The van der Waals surface area contributed by atoms with Crippen molar-refractivity contribution in [2.75, 3.05) is 4.90 Å². The number of nitro benzene ring substituents is 1. The summed E-state index contributed by atoms with van der Waals surface area (Å²) in [4.78, 5) is 47.5. The van der Waals surface area contributed by atoms with E-state index in [1.807, 2.05) is 0 Å². The van der Waals surface area contributed by atoms with Gasteiger partial charge in [0.1, 0.15) is 5.25 Å². The molecule has 31 heavy (non-hydrogen) atoms. The third-order valence-corrected chi connectivity index (χ3v) is 5.18. The molecule has 2 aromatic rings. The first-order valence-corrected chi connectivity index (χ1v) is 9.62. The zero-order chi connectivity index (χ0) is 22.5. The highest BCUT2D eigenvalue weighted by molar-refractivity contribution is 8.14. The molecule has 1 fully saturated rings. The number of rotatable bonds is 6. The van der Waals surface area contributed by atoms with Gasteiger partial charge in [0.2, 0.25) is 11.8 Å². The summed E-state index contributed by atoms with van der Waals surface area (Å²) >= 11 is 0.825. The number of carboxylic acids is 1. The Labute approximate surface area is 179 Å². The molecule has 1 saturated heterocycles. The van der Waals surface area contributed by atoms with Gasteiger partial charge in [0.15, 0.2) is 5.17 Å². The Morgan fingerprint density at radius 3 is 2.71 bits per heavy atom. The fourth-order valence-corrected chi connectivity index (χ4v) is 3.64. The lowest BCUT2D eigenvalue weighted by atomic mass is 10.2. The van der Waals surface area contributed by atoms with Gasteiger partial charge in [-0.3, -0.25) is 19.7 Å². The SMILES string of the molecule is NC(=NN=Cc1ccccc1[N+](=O)[O-])SC1CC(=O)N(c2cccc(C(=O)O)c2)C1=O. The summed E-state index contributed by atoms with van der Waals surface area (Å²) in [5, 5.41) is 26.6. The molecule has 0 saturated carbocycles. The van der Waals surface area contributed by atoms with Gasteiger partial charge < -0.3 is 10.8 Å². The van der Waals surface area contributed by atoms with E-state index in [9.17, 15) is 24.5 Å². The number of anilines is 1. The van der Waals surface area contributed by atoms with Crippen LogP contribution in [-0.4, -0.2) is 44.4 Å². The molecule has 11 nitrogen and oxygen atoms in total. The van der Waals surface area contributed by atoms with Crippen molar-refractivity contribution in [2.24, 2.45) is 15.9 Å². The summed E-state index contributed by atoms with van der Waals surface area (Å²) in [5.74, 6) is -2.24. The van der Waals surface area contributed by atoms with Gasteiger partial charge in [0, 0.05) is 12.5 Å². The van der Waals surface area contributed by atoms with Crippen LogP contribution in [0.25, 0.3) is 0 Å². The average Bonchev–Trinajstić information content (AvgIpc) is 3.01. The van der Waals surface area contributed by atoms with E-state index < -0.39 is 28.0 Å². The van der Waals surface area contributed by atoms with Crippen LogP contribution in [0.1, 0.15) is 22.3 Å². The fraction of sp³-hybridized carbons (Fsp3) is 0.105. The zero-order valence-corrected chi connectivity index (χ0v) is 16.6. The summed E-state index contributed by atoms with van der Waals surface area (Å²) in [5.41, 5.74) is 5.95. The number of nitrogens with two attached hydrogens (primary N) is 1. The average molecular weight is 441 g/mol. The maximum Gasteiger partial charge on any atom is 0.335 e. The molecule has 1 aliphatic heterocycles. The number of nitrogens with zero attached hydrogens (tertiary/aromatic N) is 4. The number of amides is 2. The molecule has 0 aliphatic carbocycles. The molecule has 12 heteroatoms. The lowest BCUT2D eigenvalue weighted by Gasteiger charge is -2.15. The summed E-state index contributed by atoms with van der Waals surface area (Å²) in [6.07, 6.45) is 1.02. The number of hydrogen-bond donors (Lipinski definition) is 2. The molecule has 2 aromatic carbocycles. The van der Waals surface area contributed by atoms with Crippen LogP contribution < -0.4 is 10.6 Å². The molecular weight excluding hydrogens is 426 g/mol. The number of carboxylic acid groups (broad SMARTS) is 1. The number of nitro groups is 1. The normalized spacial score (nSPS) is 16.8. The Kier molecular flexibility index (Phi) is 6.40. The van der Waals surface area contributed by atoms with Gasteiger partial charge in [-0.05, 0) is 24.3 Å². The first-order chi connectivity index (χ1) is 14.8. The molecule has 2 amide bonds. The third kappa shape index (κ3) is 4.93. The Balaban J connectivity index is 1.71. The van der Waals surface area contributed by atoms with Gasteiger partial charge in [0.05, 0.1) is 28.0 Å². The highest BCUT2D eigenvalue weighted by atomic mass is 32.2. The smallest absolute Gasteiger partial charge is 0.335 e. The summed E-state index contributed by atoms with van der Waals surface area (Å²) in [6, 6.07) is 11.4. The van der Waals surface area contributed by atoms with Gasteiger partial charge in [-0.1, -0.05) is 30.0 Å². The lowest BCUT2D eigenvalue weighted by Crippen LogP contribution is -2.32. The number of para-hydroxylation sites is 1. The molecular formula is C19H15N5O6S. The van der Waals surface area contributed by atoms with Crippen molar-refractivity contribution in [1.29, 1.82) is 0 Å². The van der Waals surface area contributed by atoms with E-state index in [2.05, 4.69) is 10.2 Å². The quantitative estimate of drug-likeness (QED) is 0.225. The molecule has 0 bridgehead atoms. The number of benzene rings is 2. The fourth-order valence-electron chi connectivity index (χ4n) is 2.83. The number of aromatic carboxylic acids is 1. The molecule has 0 spiro atoms. The van der Waals surface area contributed by atoms with Gasteiger partial charge in [-0.2, -0.15) is 5.10 Å². The number of hydrogen-bond acceptors (Lipinski definition) is 8. The van der Waals surface area contributed by atoms with Crippen LogP contribution in [-0.2, 0) is 9.59 Å². The minimum Gasteiger partial charge on any atom is -0.478 e. The van der Waals surface area contributed by atoms with Crippen molar-refractivity contribution in [3.05, 3.63) is 69.8 Å². The predicted molar refractivity (Wildman–Crippen MR) is 114 cm³/mol. The van der Waals surface area contributed by atoms with E-state index in [4.69, 9.17) is 10.8 Å². The Morgan fingerprint density at radius 2 is 2.00 bits per heavy atom. The first-order valence-electron chi connectivity index (χ1n) is 8.74. The largest absolute Gasteiger partial charge is 0.478 e. The van der Waals surface area contributed by atoms with Gasteiger partial charge in [0.25, 0.3) is 5.69 Å². The standard InChI is InChI=1S/C19H15N5O6S/c20-19(22-21-10-12-4-1-2-7-14(12)24(29)30)31-15-9-16(25)23(17(15)26)13-6-3-5-11(8-13)18(27)28/h1-8,10,15H,9H2,(H2,20,22)(H,27,28). The second-order valence-electron chi connectivity index (χ2n) is 6.23. The highest BCUT2D eigenvalue weighted by Gasteiger charge is 2.40. The van der Waals surface area contributed by atoms with Crippen LogP contribution in [0.5, 0.6) is 0 Å². The maximum atomic E-state index is 12.7. The third-order valence-electron chi connectivity index (χ3n) is 4.21. The summed E-state index contributed by atoms with van der Waals surface area (Å²) in [7, 11) is 0. The molecule has 1 atom stereocenters. The van der Waals surface area contributed by atoms with Crippen molar-refractivity contribution < 1.29 is 24.4 Å². The van der Waals surface area contributed by atoms with Crippen LogP contribution in [0.4, 0.5) is 11.4 Å². The maximum absolute atomic E-state index is 12.7. The van der Waals surface area contributed by atoms with E-state index in [0.29, 0.717) is 0 Å². The molecule has 158 valence electrons. The molecule has 0 radical (unpaired) electrons. The van der Waals surface area contributed by atoms with E-state index in [1.165, 1.54) is 42.5 Å². The topological polar surface area (TPSA) is 169 Å². The van der Waals surface area contributed by atoms with Crippen molar-refractivity contribution in [3.63, 3.8) is 0 Å². The number of imide groups is 1. The van der Waals surface area contributed by atoms with Crippen LogP contribution in [0, 0.1) is 10.1 Å². The van der Waals surface area contributed by atoms with Crippen LogP contribution in [0.3, 0.4) is 0 Å².